The summed E-state index contributed by atoms with van der Waals surface area (Å²) in [5.41, 5.74) is 3.73. The zero-order chi connectivity index (χ0) is 18.9. The van der Waals surface area contributed by atoms with Crippen molar-refractivity contribution in [3.8, 4) is 11.5 Å². The summed E-state index contributed by atoms with van der Waals surface area (Å²) in [7, 11) is 0. The minimum absolute atomic E-state index is 0.188. The van der Waals surface area contributed by atoms with Crippen molar-refractivity contribution in [1.82, 2.24) is 20.3 Å². The maximum Gasteiger partial charge on any atom is 0.252 e. The first-order valence-corrected chi connectivity index (χ1v) is 8.93. The topological polar surface area (TPSA) is 83.8 Å². The number of aromatic nitrogens is 3. The Hall–Kier alpha value is -3.93. The monoisotopic (exact) mass is 368 g/mol. The molecule has 5 rings (SSSR count). The smallest absolute Gasteiger partial charge is 0.252 e. The second kappa shape index (κ2) is 6.66. The minimum Gasteiger partial charge on any atom is -0.463 e. The third kappa shape index (κ3) is 2.91. The molecule has 0 unspecified atom stereocenters. The third-order valence-corrected chi connectivity index (χ3v) is 4.59. The second-order valence-corrected chi connectivity index (χ2v) is 6.43. The van der Waals surface area contributed by atoms with Gasteiger partial charge in [-0.2, -0.15) is 0 Å². The number of fused-ring (bicyclic) bond motifs is 2. The summed E-state index contributed by atoms with van der Waals surface area (Å²) in [6.45, 7) is 0.306. The summed E-state index contributed by atoms with van der Waals surface area (Å²) < 4.78 is 5.46. The average molecular weight is 368 g/mol. The van der Waals surface area contributed by atoms with Crippen LogP contribution in [0.2, 0.25) is 0 Å². The van der Waals surface area contributed by atoms with Crippen LogP contribution in [0.15, 0.2) is 77.4 Å². The van der Waals surface area contributed by atoms with E-state index in [0.29, 0.717) is 29.4 Å². The van der Waals surface area contributed by atoms with Gasteiger partial charge < -0.3 is 14.7 Å². The highest BCUT2D eigenvalue weighted by atomic mass is 16.3. The summed E-state index contributed by atoms with van der Waals surface area (Å²) in [5.74, 6) is 1.14. The number of amides is 1. The lowest BCUT2D eigenvalue weighted by atomic mass is 10.1. The molecule has 0 atom stereocenters. The van der Waals surface area contributed by atoms with Gasteiger partial charge in [-0.3, -0.25) is 4.79 Å². The third-order valence-electron chi connectivity index (χ3n) is 4.59. The fraction of sp³-hybridized carbons (Fsp3) is 0.0455. The number of rotatable bonds is 4. The van der Waals surface area contributed by atoms with Crippen molar-refractivity contribution in [3.05, 3.63) is 84.4 Å². The predicted molar refractivity (Wildman–Crippen MR) is 107 cm³/mol. The van der Waals surface area contributed by atoms with Gasteiger partial charge in [0.25, 0.3) is 5.91 Å². The number of pyridine rings is 1. The van der Waals surface area contributed by atoms with E-state index in [-0.39, 0.29) is 5.91 Å². The van der Waals surface area contributed by atoms with Gasteiger partial charge in [0.1, 0.15) is 11.5 Å². The number of nitrogens with one attached hydrogen (secondary N) is 2. The van der Waals surface area contributed by atoms with Crippen molar-refractivity contribution < 1.29 is 9.21 Å². The maximum absolute atomic E-state index is 13.0. The first kappa shape index (κ1) is 16.3. The number of carbonyl (C=O) groups excluding carboxylic acids is 1. The van der Waals surface area contributed by atoms with Crippen molar-refractivity contribution in [2.75, 3.05) is 0 Å². The van der Waals surface area contributed by atoms with Gasteiger partial charge in [-0.15, -0.1) is 0 Å². The molecule has 5 aromatic rings. The molecule has 0 saturated heterocycles. The summed E-state index contributed by atoms with van der Waals surface area (Å²) in [5, 5.41) is 3.74. The molecule has 0 fully saturated rings. The van der Waals surface area contributed by atoms with Crippen molar-refractivity contribution >= 4 is 27.8 Å². The number of aromatic amines is 1. The molecular weight excluding hydrogens is 352 g/mol. The van der Waals surface area contributed by atoms with Crippen LogP contribution in [0, 0.1) is 0 Å². The van der Waals surface area contributed by atoms with Gasteiger partial charge in [0.05, 0.1) is 34.9 Å². The first-order valence-electron chi connectivity index (χ1n) is 8.93. The van der Waals surface area contributed by atoms with E-state index in [2.05, 4.69) is 20.3 Å². The van der Waals surface area contributed by atoms with Gasteiger partial charge in [0.15, 0.2) is 5.76 Å². The molecule has 0 bridgehead atoms. The van der Waals surface area contributed by atoms with Gasteiger partial charge >= 0.3 is 0 Å². The Balaban J connectivity index is 1.48. The SMILES string of the molecule is O=C(NCc1nc2ccccc2[nH]1)c1cc(-c2ccco2)nc2ccccc12. The first-order chi connectivity index (χ1) is 13.8. The van der Waals surface area contributed by atoms with Crippen molar-refractivity contribution in [3.63, 3.8) is 0 Å². The molecule has 1 amide bonds. The highest BCUT2D eigenvalue weighted by Gasteiger charge is 2.15. The molecule has 28 heavy (non-hydrogen) atoms. The molecule has 6 heteroatoms. The Morgan fingerprint density at radius 2 is 1.79 bits per heavy atom. The Labute approximate surface area is 160 Å². The number of furan rings is 1. The molecule has 2 aromatic carbocycles. The number of benzene rings is 2. The number of H-pyrrole nitrogens is 1. The van der Waals surface area contributed by atoms with E-state index >= 15 is 0 Å². The van der Waals surface area contributed by atoms with E-state index in [4.69, 9.17) is 4.42 Å². The van der Waals surface area contributed by atoms with E-state index in [1.807, 2.05) is 54.6 Å². The lowest BCUT2D eigenvalue weighted by Gasteiger charge is -2.09. The fourth-order valence-electron chi connectivity index (χ4n) is 3.26. The lowest BCUT2D eigenvalue weighted by Crippen LogP contribution is -2.23. The van der Waals surface area contributed by atoms with Crippen LogP contribution in [0.25, 0.3) is 33.4 Å². The number of imidazole rings is 1. The second-order valence-electron chi connectivity index (χ2n) is 6.43. The summed E-state index contributed by atoms with van der Waals surface area (Å²) in [6, 6.07) is 20.7. The standard InChI is InChI=1S/C22H16N4O2/c27-22(23-13-21-25-17-8-3-4-9-18(17)26-21)15-12-19(20-10-5-11-28-20)24-16-7-2-1-6-14(15)16/h1-12H,13H2,(H,23,27)(H,25,26). The highest BCUT2D eigenvalue weighted by Crippen LogP contribution is 2.25. The van der Waals surface area contributed by atoms with Gasteiger partial charge in [0, 0.05) is 5.39 Å². The predicted octanol–water partition coefficient (Wildman–Crippen LogP) is 4.30. The quantitative estimate of drug-likeness (QED) is 0.495. The molecule has 136 valence electrons. The highest BCUT2D eigenvalue weighted by molar-refractivity contribution is 6.07. The van der Waals surface area contributed by atoms with Crippen molar-refractivity contribution in [1.29, 1.82) is 0 Å². The van der Waals surface area contributed by atoms with Crippen LogP contribution in [-0.4, -0.2) is 20.9 Å². The largest absolute Gasteiger partial charge is 0.463 e. The van der Waals surface area contributed by atoms with Crippen molar-refractivity contribution in [2.45, 2.75) is 6.54 Å². The zero-order valence-corrected chi connectivity index (χ0v) is 14.8. The van der Waals surface area contributed by atoms with E-state index in [1.165, 1.54) is 0 Å². The number of para-hydroxylation sites is 3. The summed E-state index contributed by atoms with van der Waals surface area (Å²) in [4.78, 5) is 25.3. The van der Waals surface area contributed by atoms with Gasteiger partial charge in [-0.05, 0) is 36.4 Å². The molecule has 6 nitrogen and oxygen atoms in total. The Morgan fingerprint density at radius 3 is 2.61 bits per heavy atom. The summed E-state index contributed by atoms with van der Waals surface area (Å²) in [6.07, 6.45) is 1.59. The van der Waals surface area contributed by atoms with Crippen LogP contribution >= 0.6 is 0 Å². The average Bonchev–Trinajstić information content (AvgIpc) is 3.40. The van der Waals surface area contributed by atoms with Gasteiger partial charge in [0.2, 0.25) is 0 Å². The molecule has 0 radical (unpaired) electrons. The summed E-state index contributed by atoms with van der Waals surface area (Å²) >= 11 is 0. The van der Waals surface area contributed by atoms with E-state index in [9.17, 15) is 4.79 Å². The van der Waals surface area contributed by atoms with Crippen LogP contribution in [0.4, 0.5) is 0 Å². The fourth-order valence-corrected chi connectivity index (χ4v) is 3.26. The molecule has 0 aliphatic heterocycles. The number of hydrogen-bond donors (Lipinski definition) is 2. The Morgan fingerprint density at radius 1 is 0.964 bits per heavy atom. The minimum atomic E-state index is -0.188. The Kier molecular flexibility index (Phi) is 3.87. The van der Waals surface area contributed by atoms with Gasteiger partial charge in [-0.1, -0.05) is 30.3 Å². The molecule has 3 heterocycles. The van der Waals surface area contributed by atoms with E-state index in [1.54, 1.807) is 18.4 Å². The number of nitrogens with zero attached hydrogens (tertiary/aromatic N) is 2. The normalized spacial score (nSPS) is 11.1. The number of hydrogen-bond acceptors (Lipinski definition) is 4. The lowest BCUT2D eigenvalue weighted by molar-refractivity contribution is 0.0951. The van der Waals surface area contributed by atoms with Crippen LogP contribution in [0.1, 0.15) is 16.2 Å². The molecule has 0 saturated carbocycles. The van der Waals surface area contributed by atoms with Crippen molar-refractivity contribution in [2.24, 2.45) is 0 Å². The van der Waals surface area contributed by atoms with Crippen LogP contribution < -0.4 is 5.32 Å². The molecule has 3 aromatic heterocycles. The van der Waals surface area contributed by atoms with Crippen LogP contribution in [0.3, 0.4) is 0 Å². The maximum atomic E-state index is 13.0. The Bertz CT molecular complexity index is 1260. The van der Waals surface area contributed by atoms with Crippen LogP contribution in [0.5, 0.6) is 0 Å². The molecule has 0 aliphatic carbocycles. The van der Waals surface area contributed by atoms with Gasteiger partial charge in [-0.25, -0.2) is 9.97 Å². The van der Waals surface area contributed by atoms with Crippen LogP contribution in [-0.2, 0) is 6.54 Å². The molecular formula is C22H16N4O2. The van der Waals surface area contributed by atoms with E-state index in [0.717, 1.165) is 21.9 Å². The zero-order valence-electron chi connectivity index (χ0n) is 14.8. The number of carbonyl (C=O) groups is 1. The molecule has 2 N–H and O–H groups in total. The molecule has 0 aliphatic rings. The van der Waals surface area contributed by atoms with E-state index < -0.39 is 0 Å². The molecule has 0 spiro atoms.